The monoisotopic (exact) mass is 662 g/mol. The van der Waals surface area contributed by atoms with Gasteiger partial charge in [0.1, 0.15) is 0 Å². The van der Waals surface area contributed by atoms with E-state index in [2.05, 4.69) is 180 Å². The second kappa shape index (κ2) is 11.4. The Labute approximate surface area is 302 Å². The van der Waals surface area contributed by atoms with Crippen LogP contribution in [0.5, 0.6) is 0 Å². The Balaban J connectivity index is 0.976. The summed E-state index contributed by atoms with van der Waals surface area (Å²) in [4.78, 5) is 7.52. The molecular weight excluding hydrogens is 629 g/mol. The summed E-state index contributed by atoms with van der Waals surface area (Å²) >= 11 is 0. The van der Waals surface area contributed by atoms with Crippen LogP contribution < -0.4 is 0 Å². The maximum atomic E-state index is 3.76. The van der Waals surface area contributed by atoms with Crippen molar-refractivity contribution >= 4 is 43.6 Å². The van der Waals surface area contributed by atoms with Crippen molar-refractivity contribution in [2.45, 2.75) is 12.8 Å². The van der Waals surface area contributed by atoms with Crippen LogP contribution in [0.4, 0.5) is 0 Å². The molecule has 0 unspecified atom stereocenters. The van der Waals surface area contributed by atoms with Crippen LogP contribution in [0.15, 0.2) is 170 Å². The van der Waals surface area contributed by atoms with Gasteiger partial charge in [0.05, 0.1) is 0 Å². The molecular formula is C50H34N2. The topological polar surface area (TPSA) is 31.6 Å². The number of hydrogen-bond acceptors (Lipinski definition) is 0. The lowest BCUT2D eigenvalue weighted by Crippen LogP contribution is -2.04. The molecule has 1 aliphatic carbocycles. The number of aromatic amines is 2. The second-order valence-electron chi connectivity index (χ2n) is 14.3. The van der Waals surface area contributed by atoms with Gasteiger partial charge in [-0.2, -0.15) is 0 Å². The summed E-state index contributed by atoms with van der Waals surface area (Å²) in [6, 6.07) is 62.4. The van der Waals surface area contributed by atoms with Crippen molar-refractivity contribution in [1.82, 2.24) is 9.97 Å². The Morgan fingerprint density at radius 3 is 1.08 bits per heavy atom. The van der Waals surface area contributed by atoms with Crippen molar-refractivity contribution in [2.75, 3.05) is 0 Å². The highest BCUT2D eigenvalue weighted by molar-refractivity contribution is 6.12. The van der Waals surface area contributed by atoms with Gasteiger partial charge in [0, 0.05) is 43.6 Å². The molecule has 0 saturated heterocycles. The number of aromatic nitrogens is 2. The first-order valence-corrected chi connectivity index (χ1v) is 18.2. The highest BCUT2D eigenvalue weighted by Gasteiger charge is 2.21. The molecule has 2 N–H and O–H groups in total. The van der Waals surface area contributed by atoms with Gasteiger partial charge in [-0.05, 0) is 140 Å². The van der Waals surface area contributed by atoms with Gasteiger partial charge in [0.15, 0.2) is 0 Å². The van der Waals surface area contributed by atoms with Crippen LogP contribution in [0.25, 0.3) is 99.2 Å². The quantitative estimate of drug-likeness (QED) is 0.188. The Morgan fingerprint density at radius 1 is 0.269 bits per heavy atom. The predicted octanol–water partition coefficient (Wildman–Crippen LogP) is 13.4. The van der Waals surface area contributed by atoms with Crippen molar-refractivity contribution in [3.63, 3.8) is 0 Å². The summed E-state index contributed by atoms with van der Waals surface area (Å²) in [6.07, 6.45) is 2.07. The maximum absolute atomic E-state index is 3.76. The fraction of sp³-hybridized carbons (Fsp3) is 0.0400. The minimum absolute atomic E-state index is 1.04. The molecule has 11 rings (SSSR count). The van der Waals surface area contributed by atoms with E-state index in [4.69, 9.17) is 0 Å². The third kappa shape index (κ3) is 4.72. The minimum Gasteiger partial charge on any atom is -0.354 e. The average molecular weight is 663 g/mol. The number of aryl methyl sites for hydroxylation is 2. The summed E-state index contributed by atoms with van der Waals surface area (Å²) in [5.41, 5.74) is 20.2. The minimum atomic E-state index is 1.04. The van der Waals surface area contributed by atoms with Crippen molar-refractivity contribution in [3.8, 4) is 55.6 Å². The largest absolute Gasteiger partial charge is 0.354 e. The first-order chi connectivity index (χ1) is 25.7. The van der Waals surface area contributed by atoms with E-state index < -0.39 is 0 Å². The lowest BCUT2D eigenvalue weighted by atomic mass is 9.84. The standard InChI is InChI=1S/C50H34N2/c1-3-9-31(10-4-1)33-13-7-15-35(23-33)37-19-21-47-43(25-37)45-27-39-17-18-40-28-46-44-26-38(36-16-8-14-34(24-36)32-11-5-2-6-12-32)20-22-48(44)52-50(46)30-42(40)41(39)29-49(45)51-47/h1-16,19-30,51-52H,17-18H2. The number of benzene rings is 8. The van der Waals surface area contributed by atoms with E-state index in [1.54, 1.807) is 0 Å². The van der Waals surface area contributed by atoms with E-state index in [1.807, 2.05) is 0 Å². The number of fused-ring (bicyclic) bond motifs is 9. The van der Waals surface area contributed by atoms with Crippen molar-refractivity contribution < 1.29 is 0 Å². The van der Waals surface area contributed by atoms with E-state index in [0.717, 1.165) is 12.8 Å². The van der Waals surface area contributed by atoms with E-state index in [-0.39, 0.29) is 0 Å². The van der Waals surface area contributed by atoms with Crippen LogP contribution in [-0.4, -0.2) is 9.97 Å². The molecule has 0 radical (unpaired) electrons. The smallest absolute Gasteiger partial charge is 0.0471 e. The summed E-state index contributed by atoms with van der Waals surface area (Å²) < 4.78 is 0. The highest BCUT2D eigenvalue weighted by atomic mass is 14.7. The molecule has 0 bridgehead atoms. The molecule has 10 aromatic rings. The number of H-pyrrole nitrogens is 2. The molecule has 0 atom stereocenters. The Bertz CT molecular complexity index is 2790. The third-order valence-electron chi connectivity index (χ3n) is 11.2. The summed E-state index contributed by atoms with van der Waals surface area (Å²) in [6.45, 7) is 0. The molecule has 0 fully saturated rings. The molecule has 244 valence electrons. The predicted molar refractivity (Wildman–Crippen MR) is 220 cm³/mol. The summed E-state index contributed by atoms with van der Waals surface area (Å²) in [7, 11) is 0. The first kappa shape index (κ1) is 29.1. The molecule has 52 heavy (non-hydrogen) atoms. The summed E-state index contributed by atoms with van der Waals surface area (Å²) in [5.74, 6) is 0. The van der Waals surface area contributed by atoms with Crippen molar-refractivity contribution in [1.29, 1.82) is 0 Å². The zero-order chi connectivity index (χ0) is 34.2. The molecule has 2 aromatic heterocycles. The molecule has 2 heterocycles. The molecule has 1 aliphatic rings. The summed E-state index contributed by atoms with van der Waals surface area (Å²) in [5, 5.41) is 5.16. The van der Waals surface area contributed by atoms with Gasteiger partial charge < -0.3 is 9.97 Å². The van der Waals surface area contributed by atoms with Gasteiger partial charge in [-0.25, -0.2) is 0 Å². The number of nitrogens with one attached hydrogen (secondary N) is 2. The lowest BCUT2D eigenvalue weighted by molar-refractivity contribution is 0.946. The second-order valence-corrected chi connectivity index (χ2v) is 14.3. The molecule has 0 saturated carbocycles. The fourth-order valence-corrected chi connectivity index (χ4v) is 8.55. The van der Waals surface area contributed by atoms with Crippen LogP contribution in [0, 0.1) is 0 Å². The number of hydrogen-bond donors (Lipinski definition) is 2. The van der Waals surface area contributed by atoms with E-state index in [0.29, 0.717) is 0 Å². The van der Waals surface area contributed by atoms with Gasteiger partial charge in [-0.3, -0.25) is 0 Å². The number of rotatable bonds is 4. The van der Waals surface area contributed by atoms with Gasteiger partial charge in [-0.15, -0.1) is 0 Å². The first-order valence-electron chi connectivity index (χ1n) is 18.2. The van der Waals surface area contributed by atoms with Crippen LogP contribution in [0.1, 0.15) is 11.1 Å². The van der Waals surface area contributed by atoms with Crippen LogP contribution in [0.3, 0.4) is 0 Å². The molecule has 0 spiro atoms. The Kier molecular flexibility index (Phi) is 6.41. The molecule has 0 amide bonds. The van der Waals surface area contributed by atoms with Gasteiger partial charge >= 0.3 is 0 Å². The zero-order valence-electron chi connectivity index (χ0n) is 28.6. The van der Waals surface area contributed by atoms with E-state index in [9.17, 15) is 0 Å². The third-order valence-corrected chi connectivity index (χ3v) is 11.2. The average Bonchev–Trinajstić information content (AvgIpc) is 3.76. The maximum Gasteiger partial charge on any atom is 0.0471 e. The normalized spacial score (nSPS) is 12.5. The lowest BCUT2D eigenvalue weighted by Gasteiger charge is -2.20. The van der Waals surface area contributed by atoms with Crippen LogP contribution >= 0.6 is 0 Å². The Hall–Kier alpha value is -6.64. The molecule has 2 nitrogen and oxygen atoms in total. The molecule has 2 heteroatoms. The molecule has 8 aromatic carbocycles. The van der Waals surface area contributed by atoms with E-state index >= 15 is 0 Å². The van der Waals surface area contributed by atoms with Crippen LogP contribution in [-0.2, 0) is 12.8 Å². The van der Waals surface area contributed by atoms with Gasteiger partial charge in [-0.1, -0.05) is 109 Å². The van der Waals surface area contributed by atoms with E-state index in [1.165, 1.54) is 110 Å². The fourth-order valence-electron chi connectivity index (χ4n) is 8.55. The Morgan fingerprint density at radius 2 is 0.635 bits per heavy atom. The van der Waals surface area contributed by atoms with Crippen molar-refractivity contribution in [3.05, 3.63) is 181 Å². The van der Waals surface area contributed by atoms with Crippen LogP contribution in [0.2, 0.25) is 0 Å². The SMILES string of the molecule is c1ccc(-c2cccc(-c3ccc4[nH]c5cc6c(cc5c4c3)CCc3cc4c(cc3-6)[nH]c3ccc(-c5cccc(-c6ccccc6)c5)cc34)c2)cc1. The van der Waals surface area contributed by atoms with Crippen molar-refractivity contribution in [2.24, 2.45) is 0 Å². The van der Waals surface area contributed by atoms with Gasteiger partial charge in [0.25, 0.3) is 0 Å². The highest BCUT2D eigenvalue weighted by Crippen LogP contribution is 2.42. The molecule has 0 aliphatic heterocycles. The van der Waals surface area contributed by atoms with Gasteiger partial charge in [0.2, 0.25) is 0 Å². The zero-order valence-corrected chi connectivity index (χ0v) is 28.6.